The molecule has 0 atom stereocenters. The Kier molecular flexibility index (Phi) is 6.13. The number of hydrogen-bond acceptors (Lipinski definition) is 4. The van der Waals surface area contributed by atoms with Crippen molar-refractivity contribution in [3.05, 3.63) is 26.6 Å². The van der Waals surface area contributed by atoms with E-state index in [1.165, 1.54) is 0 Å². The van der Waals surface area contributed by atoms with E-state index in [9.17, 15) is 4.79 Å². The Morgan fingerprint density at radius 3 is 2.81 bits per heavy atom. The summed E-state index contributed by atoms with van der Waals surface area (Å²) in [7, 11) is 0. The van der Waals surface area contributed by atoms with Gasteiger partial charge in [0.05, 0.1) is 11.9 Å². The zero-order valence-corrected chi connectivity index (χ0v) is 18.9. The largest absolute Gasteiger partial charge is 0.443 e. The third-order valence-electron chi connectivity index (χ3n) is 4.19. The van der Waals surface area contributed by atoms with Crippen LogP contribution in [0.15, 0.2) is 22.9 Å². The van der Waals surface area contributed by atoms with Crippen LogP contribution in [0.1, 0.15) is 33.6 Å². The summed E-state index contributed by atoms with van der Waals surface area (Å²) < 4.78 is 15.0. The van der Waals surface area contributed by atoms with E-state index in [0.717, 1.165) is 45.6 Å². The van der Waals surface area contributed by atoms with Crippen LogP contribution in [-0.2, 0) is 9.47 Å². The summed E-state index contributed by atoms with van der Waals surface area (Å²) in [6.07, 6.45) is 5.29. The zero-order valence-electron chi connectivity index (χ0n) is 15.2. The van der Waals surface area contributed by atoms with E-state index in [4.69, 9.17) is 9.47 Å². The molecule has 0 saturated carbocycles. The van der Waals surface area contributed by atoms with Crippen LogP contribution >= 0.6 is 38.5 Å². The third kappa shape index (κ3) is 4.69. The summed E-state index contributed by atoms with van der Waals surface area (Å²) in [6, 6.07) is 1.93. The average Bonchev–Trinajstić information content (AvgIpc) is 2.92. The second-order valence-electron chi connectivity index (χ2n) is 7.46. The molecule has 142 valence electrons. The van der Waals surface area contributed by atoms with E-state index >= 15 is 0 Å². The number of imidazole rings is 1. The number of carbonyl (C=O) groups excluding carboxylic acids is 1. The van der Waals surface area contributed by atoms with Gasteiger partial charge in [0, 0.05) is 30.4 Å². The van der Waals surface area contributed by atoms with Gasteiger partial charge in [0.2, 0.25) is 0 Å². The molecule has 0 aromatic carbocycles. The van der Waals surface area contributed by atoms with Gasteiger partial charge in [0.1, 0.15) is 9.30 Å². The molecular formula is C18H23BrIN3O3. The van der Waals surface area contributed by atoms with Crippen LogP contribution in [0.4, 0.5) is 10.5 Å². The summed E-state index contributed by atoms with van der Waals surface area (Å²) in [6.45, 7) is 7.71. The first-order chi connectivity index (χ1) is 12.2. The summed E-state index contributed by atoms with van der Waals surface area (Å²) in [4.78, 5) is 19.3. The van der Waals surface area contributed by atoms with Crippen molar-refractivity contribution >= 4 is 55.9 Å². The smallest absolute Gasteiger partial charge is 0.414 e. The molecule has 8 heteroatoms. The number of anilines is 1. The van der Waals surface area contributed by atoms with Crippen molar-refractivity contribution in [1.29, 1.82) is 0 Å². The van der Waals surface area contributed by atoms with Gasteiger partial charge in [-0.05, 0) is 84.1 Å². The fourth-order valence-corrected chi connectivity index (χ4v) is 3.91. The summed E-state index contributed by atoms with van der Waals surface area (Å²) in [5, 5.41) is 0. The number of pyridine rings is 1. The molecule has 0 unspecified atom stereocenters. The number of amides is 1. The van der Waals surface area contributed by atoms with Crippen LogP contribution in [-0.4, -0.2) is 40.8 Å². The summed E-state index contributed by atoms with van der Waals surface area (Å²) >= 11 is 5.79. The Morgan fingerprint density at radius 2 is 2.15 bits per heavy atom. The monoisotopic (exact) mass is 535 g/mol. The second-order valence-corrected chi connectivity index (χ2v) is 9.49. The average molecular weight is 536 g/mol. The topological polar surface area (TPSA) is 56.1 Å². The van der Waals surface area contributed by atoms with E-state index in [1.54, 1.807) is 11.1 Å². The highest BCUT2D eigenvalue weighted by Gasteiger charge is 2.29. The SMILES string of the molecule is CC(C)(C)OC(=O)N(CC1CCOCC1)c1cc(Br)cn2c(I)cnc12. The van der Waals surface area contributed by atoms with Crippen LogP contribution in [0.2, 0.25) is 0 Å². The number of hydrogen-bond donors (Lipinski definition) is 0. The fraction of sp³-hybridized carbons (Fsp3) is 0.556. The number of halogens is 2. The number of rotatable bonds is 3. The molecule has 0 N–H and O–H groups in total. The number of nitrogens with zero attached hydrogens (tertiary/aromatic N) is 3. The van der Waals surface area contributed by atoms with Crippen molar-refractivity contribution in [2.45, 2.75) is 39.2 Å². The maximum atomic E-state index is 13.0. The van der Waals surface area contributed by atoms with Gasteiger partial charge in [-0.25, -0.2) is 9.78 Å². The predicted octanol–water partition coefficient (Wildman–Crippen LogP) is 4.87. The standard InChI is InChI=1S/C18H23BrIN3O3/c1-18(2,3)26-17(24)22(10-12-4-6-25-7-5-12)14-8-13(19)11-23-15(20)9-21-16(14)23/h8-9,11-12H,4-7,10H2,1-3H3. The van der Waals surface area contributed by atoms with Gasteiger partial charge in [-0.2, -0.15) is 0 Å². The Hall–Kier alpha value is -0.870. The molecule has 26 heavy (non-hydrogen) atoms. The molecule has 6 nitrogen and oxygen atoms in total. The highest BCUT2D eigenvalue weighted by Crippen LogP contribution is 2.30. The Labute approximate surface area is 175 Å². The molecule has 0 radical (unpaired) electrons. The van der Waals surface area contributed by atoms with Crippen molar-refractivity contribution < 1.29 is 14.3 Å². The molecule has 1 fully saturated rings. The molecule has 1 aliphatic rings. The molecule has 1 aliphatic heterocycles. The van der Waals surface area contributed by atoms with Crippen LogP contribution in [0, 0.1) is 9.62 Å². The molecule has 0 bridgehead atoms. The lowest BCUT2D eigenvalue weighted by atomic mass is 9.99. The molecule has 0 aliphatic carbocycles. The third-order valence-corrected chi connectivity index (χ3v) is 5.43. The van der Waals surface area contributed by atoms with Crippen LogP contribution in [0.3, 0.4) is 0 Å². The minimum absolute atomic E-state index is 0.345. The number of aromatic nitrogens is 2. The fourth-order valence-electron chi connectivity index (χ4n) is 2.98. The van der Waals surface area contributed by atoms with Crippen molar-refractivity contribution in [2.24, 2.45) is 5.92 Å². The van der Waals surface area contributed by atoms with E-state index in [-0.39, 0.29) is 6.09 Å². The van der Waals surface area contributed by atoms with E-state index in [0.29, 0.717) is 12.5 Å². The van der Waals surface area contributed by atoms with Crippen LogP contribution in [0.25, 0.3) is 5.65 Å². The van der Waals surface area contributed by atoms with Gasteiger partial charge in [-0.15, -0.1) is 0 Å². The maximum Gasteiger partial charge on any atom is 0.414 e. The van der Waals surface area contributed by atoms with Crippen molar-refractivity contribution in [3.63, 3.8) is 0 Å². The number of carbonyl (C=O) groups is 1. The highest BCUT2D eigenvalue weighted by atomic mass is 127. The van der Waals surface area contributed by atoms with Crippen molar-refractivity contribution in [1.82, 2.24) is 9.38 Å². The van der Waals surface area contributed by atoms with E-state index in [2.05, 4.69) is 43.5 Å². The molecule has 0 spiro atoms. The lowest BCUT2D eigenvalue weighted by Crippen LogP contribution is -2.41. The van der Waals surface area contributed by atoms with Gasteiger partial charge >= 0.3 is 6.09 Å². The van der Waals surface area contributed by atoms with Crippen LogP contribution in [0.5, 0.6) is 0 Å². The molecule has 1 saturated heterocycles. The molecule has 2 aromatic heterocycles. The zero-order chi connectivity index (χ0) is 18.9. The summed E-state index contributed by atoms with van der Waals surface area (Å²) in [5.74, 6) is 0.379. The first-order valence-electron chi connectivity index (χ1n) is 8.65. The van der Waals surface area contributed by atoms with Gasteiger partial charge < -0.3 is 9.47 Å². The molecule has 2 aromatic rings. The van der Waals surface area contributed by atoms with E-state index in [1.807, 2.05) is 37.4 Å². The normalized spacial score (nSPS) is 16.0. The number of ether oxygens (including phenoxy) is 2. The lowest BCUT2D eigenvalue weighted by Gasteiger charge is -2.32. The Bertz CT molecular complexity index is 797. The lowest BCUT2D eigenvalue weighted by molar-refractivity contribution is 0.0515. The molecule has 3 heterocycles. The van der Waals surface area contributed by atoms with Gasteiger partial charge in [0.15, 0.2) is 5.65 Å². The molecular weight excluding hydrogens is 513 g/mol. The maximum absolute atomic E-state index is 13.0. The van der Waals surface area contributed by atoms with E-state index < -0.39 is 5.60 Å². The molecule has 1 amide bonds. The second kappa shape index (κ2) is 8.02. The Balaban J connectivity index is 2.00. The quantitative estimate of drug-likeness (QED) is 0.526. The highest BCUT2D eigenvalue weighted by molar-refractivity contribution is 14.1. The van der Waals surface area contributed by atoms with Crippen molar-refractivity contribution in [2.75, 3.05) is 24.7 Å². The first-order valence-corrected chi connectivity index (χ1v) is 10.5. The molecule has 3 rings (SSSR count). The van der Waals surface area contributed by atoms with Gasteiger partial charge in [-0.3, -0.25) is 9.30 Å². The van der Waals surface area contributed by atoms with Crippen molar-refractivity contribution in [3.8, 4) is 0 Å². The predicted molar refractivity (Wildman–Crippen MR) is 113 cm³/mol. The van der Waals surface area contributed by atoms with Gasteiger partial charge in [-0.1, -0.05) is 0 Å². The van der Waals surface area contributed by atoms with Gasteiger partial charge in [0.25, 0.3) is 0 Å². The van der Waals surface area contributed by atoms with Crippen LogP contribution < -0.4 is 4.90 Å². The first kappa shape index (κ1) is 19.9. The minimum atomic E-state index is -0.558. The number of fused-ring (bicyclic) bond motifs is 1. The Morgan fingerprint density at radius 1 is 1.46 bits per heavy atom. The summed E-state index contributed by atoms with van der Waals surface area (Å²) in [5.41, 5.74) is 0.940. The minimum Gasteiger partial charge on any atom is -0.443 e.